The van der Waals surface area contributed by atoms with Crippen LogP contribution >= 0.6 is 0 Å². The third-order valence-corrected chi connectivity index (χ3v) is 3.75. The molecule has 6 heteroatoms. The van der Waals surface area contributed by atoms with Crippen molar-refractivity contribution < 1.29 is 27.1 Å². The summed E-state index contributed by atoms with van der Waals surface area (Å²) >= 11 is 0. The van der Waals surface area contributed by atoms with Crippen molar-refractivity contribution in [1.29, 1.82) is 0 Å². The van der Waals surface area contributed by atoms with Crippen LogP contribution in [-0.4, -0.2) is 12.9 Å². The zero-order valence-electron chi connectivity index (χ0n) is 9.77. The topological polar surface area (TPSA) is 26.3 Å². The number of carbonyl (C=O) groups excluding carboxylic acids is 1. The number of Topliss-reactive ketones (excluding diaryl/α,β-unsaturated/α-hetero) is 1. The molecule has 0 aromatic heterocycles. The van der Waals surface area contributed by atoms with Crippen LogP contribution in [0.2, 0.25) is 0 Å². The lowest BCUT2D eigenvalue weighted by molar-refractivity contribution is -0.139. The van der Waals surface area contributed by atoms with Crippen molar-refractivity contribution in [2.45, 2.75) is 17.9 Å². The Morgan fingerprint density at radius 3 is 2.37 bits per heavy atom. The Morgan fingerprint density at radius 2 is 1.79 bits per heavy atom. The zero-order chi connectivity index (χ0) is 13.9. The summed E-state index contributed by atoms with van der Waals surface area (Å²) in [5, 5.41) is 0. The molecule has 2 atom stereocenters. The van der Waals surface area contributed by atoms with Crippen LogP contribution in [0.25, 0.3) is 0 Å². The first-order chi connectivity index (χ1) is 8.94. The number of rotatable bonds is 1. The van der Waals surface area contributed by atoms with Crippen LogP contribution in [0.1, 0.15) is 23.5 Å². The van der Waals surface area contributed by atoms with Gasteiger partial charge in [0.2, 0.25) is 0 Å². The maximum atomic E-state index is 13.9. The summed E-state index contributed by atoms with van der Waals surface area (Å²) in [4.78, 5) is 11.9. The summed E-state index contributed by atoms with van der Waals surface area (Å²) in [5.74, 6) is -8.11. The average Bonchev–Trinajstić information content (AvgIpc) is 2.42. The van der Waals surface area contributed by atoms with E-state index >= 15 is 0 Å². The molecule has 0 fully saturated rings. The van der Waals surface area contributed by atoms with E-state index in [2.05, 4.69) is 0 Å². The molecular weight excluding hydrogens is 264 g/mol. The predicted molar refractivity (Wildman–Crippen MR) is 56.5 cm³/mol. The number of ketones is 1. The highest BCUT2D eigenvalue weighted by Crippen LogP contribution is 2.50. The van der Waals surface area contributed by atoms with Crippen molar-refractivity contribution in [3.63, 3.8) is 0 Å². The molecule has 19 heavy (non-hydrogen) atoms. The van der Waals surface area contributed by atoms with Crippen molar-refractivity contribution in [2.24, 2.45) is 0 Å². The lowest BCUT2D eigenvalue weighted by Crippen LogP contribution is -2.46. The van der Waals surface area contributed by atoms with E-state index in [0.717, 1.165) is 7.11 Å². The van der Waals surface area contributed by atoms with Gasteiger partial charge in [-0.05, 0) is 6.08 Å². The van der Waals surface area contributed by atoms with Gasteiger partial charge in [0.05, 0.1) is 0 Å². The molecule has 0 aliphatic heterocycles. The van der Waals surface area contributed by atoms with E-state index in [1.54, 1.807) is 0 Å². The van der Waals surface area contributed by atoms with Crippen molar-refractivity contribution >= 4 is 5.78 Å². The molecule has 100 valence electrons. The lowest BCUT2D eigenvalue weighted by Gasteiger charge is -2.41. The molecule has 0 unspecified atom stereocenters. The molecule has 0 radical (unpaired) electrons. The number of hydrogen-bond donors (Lipinski definition) is 0. The Kier molecular flexibility index (Phi) is 2.38. The highest BCUT2D eigenvalue weighted by atomic mass is 19.2. The predicted octanol–water partition coefficient (Wildman–Crippen LogP) is 2.71. The first-order valence-corrected chi connectivity index (χ1v) is 5.58. The van der Waals surface area contributed by atoms with E-state index in [1.807, 2.05) is 0 Å². The lowest BCUT2D eigenvalue weighted by atomic mass is 9.67. The van der Waals surface area contributed by atoms with Crippen LogP contribution < -0.4 is 0 Å². The van der Waals surface area contributed by atoms with Gasteiger partial charge >= 0.3 is 0 Å². The molecule has 0 saturated heterocycles. The number of allylic oxidation sites excluding steroid dienone is 1. The highest BCUT2D eigenvalue weighted by molar-refractivity contribution is 5.95. The number of hydrogen-bond acceptors (Lipinski definition) is 2. The summed E-state index contributed by atoms with van der Waals surface area (Å²) in [7, 11) is 1.14. The molecule has 2 bridgehead atoms. The molecule has 0 saturated carbocycles. The van der Waals surface area contributed by atoms with Gasteiger partial charge in [-0.3, -0.25) is 4.79 Å². The molecule has 2 nitrogen and oxygen atoms in total. The second-order valence-corrected chi connectivity index (χ2v) is 4.58. The Labute approximate surface area is 105 Å². The number of benzene rings is 1. The standard InChI is InChI=1S/C13H8F4O2/c1-19-13-3-2-5(4-6(13)18)7-8(13)10(15)12(17)11(16)9(7)14/h2-3,5H,4H2,1H3/t5-,13-/m0/s1. The Bertz CT molecular complexity index is 638. The molecule has 1 aromatic carbocycles. The van der Waals surface area contributed by atoms with Gasteiger partial charge in [-0.1, -0.05) is 6.08 Å². The van der Waals surface area contributed by atoms with E-state index < -0.39 is 46.1 Å². The van der Waals surface area contributed by atoms with Crippen molar-refractivity contribution in [2.75, 3.05) is 7.11 Å². The number of methoxy groups -OCH3 is 1. The maximum Gasteiger partial charge on any atom is 0.197 e. The molecular formula is C13H8F4O2. The number of fused-ring (bicyclic) bond motifs is 1. The summed E-state index contributed by atoms with van der Waals surface area (Å²) in [6, 6.07) is 0. The van der Waals surface area contributed by atoms with E-state index in [1.165, 1.54) is 12.2 Å². The molecule has 0 spiro atoms. The van der Waals surface area contributed by atoms with Gasteiger partial charge in [-0.2, -0.15) is 0 Å². The molecule has 0 N–H and O–H groups in total. The minimum Gasteiger partial charge on any atom is -0.361 e. The van der Waals surface area contributed by atoms with Crippen LogP contribution in [0.5, 0.6) is 0 Å². The molecule has 3 aliphatic carbocycles. The third-order valence-electron chi connectivity index (χ3n) is 3.75. The van der Waals surface area contributed by atoms with Crippen LogP contribution in [-0.2, 0) is 15.1 Å². The minimum absolute atomic E-state index is 0.126. The molecule has 4 rings (SSSR count). The second kappa shape index (κ2) is 3.66. The Morgan fingerprint density at radius 1 is 1.16 bits per heavy atom. The van der Waals surface area contributed by atoms with E-state index in [0.29, 0.717) is 0 Å². The summed E-state index contributed by atoms with van der Waals surface area (Å²) in [5.41, 5.74) is -2.74. The van der Waals surface area contributed by atoms with Gasteiger partial charge in [0.25, 0.3) is 0 Å². The number of ether oxygens (including phenoxy) is 1. The van der Waals surface area contributed by atoms with Gasteiger partial charge in [0.1, 0.15) is 0 Å². The normalized spacial score (nSPS) is 27.8. The fraction of sp³-hybridized carbons (Fsp3) is 0.308. The monoisotopic (exact) mass is 272 g/mol. The fourth-order valence-corrected chi connectivity index (χ4v) is 2.83. The second-order valence-electron chi connectivity index (χ2n) is 4.58. The van der Waals surface area contributed by atoms with E-state index in [-0.39, 0.29) is 12.0 Å². The van der Waals surface area contributed by atoms with Gasteiger partial charge in [-0.15, -0.1) is 0 Å². The van der Waals surface area contributed by atoms with Gasteiger partial charge in [0, 0.05) is 30.6 Å². The first-order valence-electron chi connectivity index (χ1n) is 5.58. The molecule has 3 aliphatic rings. The largest absolute Gasteiger partial charge is 0.361 e. The molecule has 0 heterocycles. The Balaban J connectivity index is 2.45. The number of carbonyl (C=O) groups is 1. The Hall–Kier alpha value is -1.69. The van der Waals surface area contributed by atoms with Crippen LogP contribution in [0.4, 0.5) is 17.6 Å². The van der Waals surface area contributed by atoms with Crippen LogP contribution in [0.15, 0.2) is 12.2 Å². The van der Waals surface area contributed by atoms with Crippen molar-refractivity contribution in [3.8, 4) is 0 Å². The van der Waals surface area contributed by atoms with E-state index in [4.69, 9.17) is 4.74 Å². The smallest absolute Gasteiger partial charge is 0.197 e. The van der Waals surface area contributed by atoms with Gasteiger partial charge < -0.3 is 4.74 Å². The van der Waals surface area contributed by atoms with Crippen molar-refractivity contribution in [3.05, 3.63) is 46.5 Å². The summed E-state index contributed by atoms with van der Waals surface area (Å²) < 4.78 is 59.4. The quantitative estimate of drug-likeness (QED) is 0.340. The summed E-state index contributed by atoms with van der Waals surface area (Å²) in [6.07, 6.45) is 2.59. The van der Waals surface area contributed by atoms with Crippen LogP contribution in [0, 0.1) is 23.3 Å². The van der Waals surface area contributed by atoms with Crippen LogP contribution in [0.3, 0.4) is 0 Å². The summed E-state index contributed by atoms with van der Waals surface area (Å²) in [6.45, 7) is 0. The number of halogens is 4. The fourth-order valence-electron chi connectivity index (χ4n) is 2.83. The maximum absolute atomic E-state index is 13.9. The molecule has 1 aromatic rings. The average molecular weight is 272 g/mol. The zero-order valence-corrected chi connectivity index (χ0v) is 9.77. The third kappa shape index (κ3) is 1.27. The van der Waals surface area contributed by atoms with Crippen molar-refractivity contribution in [1.82, 2.24) is 0 Å². The van der Waals surface area contributed by atoms with E-state index in [9.17, 15) is 22.4 Å². The molecule has 0 amide bonds. The van der Waals surface area contributed by atoms with Gasteiger partial charge in [-0.25, -0.2) is 17.6 Å². The minimum atomic E-state index is -1.93. The highest BCUT2D eigenvalue weighted by Gasteiger charge is 2.52. The SMILES string of the molecule is CO[C@@]12C=C[C@@H](CC1=O)c1c(F)c(F)c(F)c(F)c12. The van der Waals surface area contributed by atoms with Gasteiger partial charge in [0.15, 0.2) is 34.7 Å². The first kappa shape index (κ1) is 12.3.